The highest BCUT2D eigenvalue weighted by atomic mass is 79.9. The number of halogens is 1. The third kappa shape index (κ3) is 5.39. The topological polar surface area (TPSA) is 84.1 Å². The van der Waals surface area contributed by atoms with Gasteiger partial charge >= 0.3 is 5.97 Å². The van der Waals surface area contributed by atoms with Crippen molar-refractivity contribution in [1.82, 2.24) is 9.13 Å². The van der Waals surface area contributed by atoms with Crippen molar-refractivity contribution in [2.45, 2.75) is 26.4 Å². The number of esters is 1. The van der Waals surface area contributed by atoms with Crippen molar-refractivity contribution in [3.8, 4) is 11.5 Å². The molecular formula is C34H30BrN3O5S. The van der Waals surface area contributed by atoms with Crippen molar-refractivity contribution in [2.24, 2.45) is 4.99 Å². The Labute approximate surface area is 266 Å². The third-order valence-electron chi connectivity index (χ3n) is 7.61. The van der Waals surface area contributed by atoms with E-state index in [2.05, 4.69) is 51.0 Å². The molecule has 0 radical (unpaired) electrons. The zero-order valence-electron chi connectivity index (χ0n) is 24.7. The van der Waals surface area contributed by atoms with Gasteiger partial charge in [-0.15, -0.1) is 0 Å². The molecule has 2 aromatic heterocycles. The van der Waals surface area contributed by atoms with E-state index in [9.17, 15) is 9.59 Å². The van der Waals surface area contributed by atoms with Gasteiger partial charge in [-0.1, -0.05) is 63.7 Å². The van der Waals surface area contributed by atoms with Crippen LogP contribution in [0, 0.1) is 0 Å². The largest absolute Gasteiger partial charge is 0.493 e. The summed E-state index contributed by atoms with van der Waals surface area (Å²) in [6.45, 7) is 4.40. The molecule has 0 bridgehead atoms. The second-order valence-corrected chi connectivity index (χ2v) is 12.2. The fourth-order valence-corrected chi connectivity index (χ4v) is 6.88. The first-order chi connectivity index (χ1) is 21.3. The summed E-state index contributed by atoms with van der Waals surface area (Å²) in [4.78, 5) is 32.7. The zero-order valence-corrected chi connectivity index (χ0v) is 27.1. The normalized spacial score (nSPS) is 14.8. The number of hydrogen-bond donors (Lipinski definition) is 0. The highest BCUT2D eigenvalue weighted by molar-refractivity contribution is 9.10. The van der Waals surface area contributed by atoms with Gasteiger partial charge in [0.1, 0.15) is 0 Å². The third-order valence-corrected chi connectivity index (χ3v) is 9.12. The number of thiazole rings is 1. The minimum absolute atomic E-state index is 0.197. The van der Waals surface area contributed by atoms with Crippen molar-refractivity contribution in [3.05, 3.63) is 125 Å². The summed E-state index contributed by atoms with van der Waals surface area (Å²) >= 11 is 4.81. The lowest BCUT2D eigenvalue weighted by Gasteiger charge is -2.25. The van der Waals surface area contributed by atoms with Gasteiger partial charge in [0.2, 0.25) is 0 Å². The summed E-state index contributed by atoms with van der Waals surface area (Å²) in [6.07, 6.45) is 3.99. The Morgan fingerprint density at radius 1 is 1.05 bits per heavy atom. The molecule has 1 aliphatic heterocycles. The van der Waals surface area contributed by atoms with Crippen LogP contribution in [0.15, 0.2) is 98.5 Å². The Balaban J connectivity index is 1.52. The van der Waals surface area contributed by atoms with Crippen LogP contribution in [-0.2, 0) is 16.1 Å². The predicted octanol–water partition coefficient (Wildman–Crippen LogP) is 5.58. The number of para-hydroxylation sites is 1. The molecule has 44 heavy (non-hydrogen) atoms. The Hall–Kier alpha value is -4.41. The Bertz CT molecular complexity index is 2110. The summed E-state index contributed by atoms with van der Waals surface area (Å²) in [5.41, 5.74) is 4.40. The summed E-state index contributed by atoms with van der Waals surface area (Å²) in [5, 5.41) is 1.04. The quantitative estimate of drug-likeness (QED) is 0.201. The van der Waals surface area contributed by atoms with Gasteiger partial charge in [-0.3, -0.25) is 9.36 Å². The van der Waals surface area contributed by atoms with E-state index in [1.165, 1.54) is 11.3 Å². The average molecular weight is 673 g/mol. The molecule has 0 unspecified atom stereocenters. The molecule has 0 saturated carbocycles. The Morgan fingerprint density at radius 3 is 2.52 bits per heavy atom. The van der Waals surface area contributed by atoms with Crippen LogP contribution in [0.2, 0.25) is 0 Å². The van der Waals surface area contributed by atoms with E-state index in [4.69, 9.17) is 19.2 Å². The summed E-state index contributed by atoms with van der Waals surface area (Å²) < 4.78 is 21.7. The van der Waals surface area contributed by atoms with Crippen LogP contribution in [0.4, 0.5) is 0 Å². The lowest BCUT2D eigenvalue weighted by molar-refractivity contribution is -0.139. The van der Waals surface area contributed by atoms with Gasteiger partial charge in [0.25, 0.3) is 5.56 Å². The first-order valence-corrected chi connectivity index (χ1v) is 15.7. The fraction of sp³-hybridized carbons (Fsp3) is 0.206. The number of allylic oxidation sites excluding steroid dienone is 1. The van der Waals surface area contributed by atoms with Crippen molar-refractivity contribution in [2.75, 3.05) is 20.8 Å². The zero-order chi connectivity index (χ0) is 31.0. The molecule has 1 aliphatic rings. The van der Waals surface area contributed by atoms with E-state index < -0.39 is 12.0 Å². The van der Waals surface area contributed by atoms with Crippen LogP contribution in [0.5, 0.6) is 11.5 Å². The van der Waals surface area contributed by atoms with Gasteiger partial charge in [-0.25, -0.2) is 9.79 Å². The maximum Gasteiger partial charge on any atom is 0.338 e. The van der Waals surface area contributed by atoms with Crippen molar-refractivity contribution < 1.29 is 19.0 Å². The number of rotatable bonds is 8. The number of nitrogens with zero attached hydrogens (tertiary/aromatic N) is 3. The van der Waals surface area contributed by atoms with Crippen LogP contribution in [-0.4, -0.2) is 35.9 Å². The highest BCUT2D eigenvalue weighted by Gasteiger charge is 2.34. The van der Waals surface area contributed by atoms with Crippen LogP contribution in [0.25, 0.3) is 17.0 Å². The molecule has 10 heteroatoms. The molecule has 5 aromatic rings. The molecule has 0 N–H and O–H groups in total. The Morgan fingerprint density at radius 2 is 1.80 bits per heavy atom. The van der Waals surface area contributed by atoms with Gasteiger partial charge in [-0.05, 0) is 61.4 Å². The number of fused-ring (bicyclic) bond motifs is 2. The van der Waals surface area contributed by atoms with Gasteiger partial charge in [0.05, 0.1) is 42.7 Å². The van der Waals surface area contributed by atoms with Gasteiger partial charge in [0, 0.05) is 33.7 Å². The van der Waals surface area contributed by atoms with E-state index in [1.807, 2.05) is 36.4 Å². The van der Waals surface area contributed by atoms with E-state index >= 15 is 0 Å². The molecule has 3 heterocycles. The van der Waals surface area contributed by atoms with Gasteiger partial charge < -0.3 is 18.8 Å². The minimum atomic E-state index is -0.758. The number of benzene rings is 3. The van der Waals surface area contributed by atoms with E-state index in [1.54, 1.807) is 44.8 Å². The van der Waals surface area contributed by atoms with Crippen LogP contribution < -0.4 is 24.4 Å². The molecule has 0 spiro atoms. The summed E-state index contributed by atoms with van der Waals surface area (Å²) in [7, 11) is 3.11. The average Bonchev–Trinajstić information content (AvgIpc) is 3.53. The standard InChI is InChI=1S/C34H30BrN3O5S/c1-5-43-33(40)30-20(2)36-34-38(31(30)22-12-15-27(41-3)28(16-22)42-4)32(39)29(44-34)17-23-19-37(26-9-7-6-8-25(23)26)18-21-10-13-24(35)14-11-21/h6-17,19,31H,5,18H2,1-4H3/b29-17+/t31-/m1/s1. The molecule has 224 valence electrons. The minimum Gasteiger partial charge on any atom is -0.493 e. The lowest BCUT2D eigenvalue weighted by atomic mass is 9.95. The first kappa shape index (κ1) is 29.7. The van der Waals surface area contributed by atoms with Crippen LogP contribution >= 0.6 is 27.3 Å². The summed E-state index contributed by atoms with van der Waals surface area (Å²) in [5.74, 6) is 0.518. The predicted molar refractivity (Wildman–Crippen MR) is 175 cm³/mol. The Kier molecular flexibility index (Phi) is 8.29. The first-order valence-electron chi connectivity index (χ1n) is 14.1. The van der Waals surface area contributed by atoms with E-state index in [0.717, 1.165) is 26.5 Å². The lowest BCUT2D eigenvalue weighted by Crippen LogP contribution is -2.39. The fourth-order valence-electron chi connectivity index (χ4n) is 5.58. The molecule has 0 saturated heterocycles. The van der Waals surface area contributed by atoms with Gasteiger partial charge in [0.15, 0.2) is 16.3 Å². The maximum atomic E-state index is 14.2. The van der Waals surface area contributed by atoms with E-state index in [-0.39, 0.29) is 12.2 Å². The number of carbonyl (C=O) groups is 1. The summed E-state index contributed by atoms with van der Waals surface area (Å²) in [6, 6.07) is 21.0. The highest BCUT2D eigenvalue weighted by Crippen LogP contribution is 2.36. The van der Waals surface area contributed by atoms with Crippen molar-refractivity contribution in [3.63, 3.8) is 0 Å². The molecule has 0 fully saturated rings. The monoisotopic (exact) mass is 671 g/mol. The smallest absolute Gasteiger partial charge is 0.338 e. The number of carbonyl (C=O) groups excluding carboxylic acids is 1. The molecule has 8 nitrogen and oxygen atoms in total. The molecule has 0 aliphatic carbocycles. The van der Waals surface area contributed by atoms with Crippen molar-refractivity contribution >= 4 is 50.2 Å². The molecule has 0 amide bonds. The van der Waals surface area contributed by atoms with Crippen molar-refractivity contribution in [1.29, 1.82) is 0 Å². The van der Waals surface area contributed by atoms with Crippen LogP contribution in [0.1, 0.15) is 36.6 Å². The number of methoxy groups -OCH3 is 2. The SMILES string of the molecule is CCOC(=O)C1=C(C)N=c2s/c(=C/c3cn(Cc4ccc(Br)cc4)c4ccccc34)c(=O)n2[C@@H]1c1ccc(OC)c(OC)c1. The molecular weight excluding hydrogens is 642 g/mol. The van der Waals surface area contributed by atoms with Crippen LogP contribution in [0.3, 0.4) is 0 Å². The number of hydrogen-bond acceptors (Lipinski definition) is 7. The molecule has 1 atom stereocenters. The second kappa shape index (κ2) is 12.3. The van der Waals surface area contributed by atoms with E-state index in [0.29, 0.717) is 44.2 Å². The maximum absolute atomic E-state index is 14.2. The number of aromatic nitrogens is 2. The molecule has 3 aromatic carbocycles. The number of ether oxygens (including phenoxy) is 3. The second-order valence-electron chi connectivity index (χ2n) is 10.3. The molecule has 6 rings (SSSR count). The van der Waals surface area contributed by atoms with Gasteiger partial charge in [-0.2, -0.15) is 0 Å².